The Morgan fingerprint density at radius 3 is 2.70 bits per heavy atom. The molecule has 0 unspecified atom stereocenters. The van der Waals surface area contributed by atoms with Gasteiger partial charge in [-0.15, -0.1) is 18.2 Å². The summed E-state index contributed by atoms with van der Waals surface area (Å²) in [6, 6.07) is 7.06. The summed E-state index contributed by atoms with van der Waals surface area (Å²) in [5.74, 6) is 0.272. The zero-order valence-electron chi connectivity index (χ0n) is 13.6. The molecule has 1 aromatic carbocycles. The molecular formula is C17H22ClN3O2. The van der Waals surface area contributed by atoms with E-state index in [1.54, 1.807) is 24.3 Å². The number of hydrogen-bond donors (Lipinski definition) is 2. The molecule has 2 rings (SSSR count). The van der Waals surface area contributed by atoms with Crippen molar-refractivity contribution in [3.05, 3.63) is 53.1 Å². The third-order valence-electron chi connectivity index (χ3n) is 3.57. The molecule has 0 bridgehead atoms. The molecule has 124 valence electrons. The summed E-state index contributed by atoms with van der Waals surface area (Å²) < 4.78 is 1.29. The van der Waals surface area contributed by atoms with Gasteiger partial charge in [0, 0.05) is 0 Å². The lowest BCUT2D eigenvalue weighted by Gasteiger charge is -2.28. The summed E-state index contributed by atoms with van der Waals surface area (Å²) in [4.78, 5) is 17.2. The molecule has 2 atom stereocenters. The Morgan fingerprint density at radius 1 is 1.43 bits per heavy atom. The molecule has 0 radical (unpaired) electrons. The smallest absolute Gasteiger partial charge is 0.280 e. The van der Waals surface area contributed by atoms with E-state index in [2.05, 4.69) is 17.0 Å². The highest BCUT2D eigenvalue weighted by Gasteiger charge is 2.29. The number of rotatable bonds is 5. The fraction of sp³-hybridized carbons (Fsp3) is 0.412. The molecule has 5 nitrogen and oxygen atoms in total. The number of alkyl halides is 1. The van der Waals surface area contributed by atoms with Gasteiger partial charge in [-0.2, -0.15) is 0 Å². The number of aliphatic hydroxyl groups excluding tert-OH is 1. The van der Waals surface area contributed by atoms with Crippen molar-refractivity contribution in [2.24, 2.45) is 5.41 Å². The molecule has 0 saturated heterocycles. The van der Waals surface area contributed by atoms with Gasteiger partial charge in [0.15, 0.2) is 5.82 Å². The largest absolute Gasteiger partial charge is 0.385 e. The molecule has 0 aliphatic heterocycles. The van der Waals surface area contributed by atoms with E-state index in [9.17, 15) is 9.90 Å². The molecule has 1 aromatic heterocycles. The second-order valence-corrected chi connectivity index (χ2v) is 7.07. The minimum Gasteiger partial charge on any atom is -0.385 e. The Labute approximate surface area is 140 Å². The molecule has 0 amide bonds. The lowest BCUT2D eigenvalue weighted by molar-refractivity contribution is 0.0518. The van der Waals surface area contributed by atoms with Crippen LogP contribution in [0.15, 0.2) is 41.7 Å². The van der Waals surface area contributed by atoms with Gasteiger partial charge in [0.2, 0.25) is 0 Å². The zero-order valence-corrected chi connectivity index (χ0v) is 14.3. The van der Waals surface area contributed by atoms with Crippen molar-refractivity contribution in [3.8, 4) is 0 Å². The zero-order chi connectivity index (χ0) is 17.2. The van der Waals surface area contributed by atoms with Crippen LogP contribution >= 0.6 is 11.6 Å². The monoisotopic (exact) mass is 335 g/mol. The fourth-order valence-electron chi connectivity index (χ4n) is 2.14. The highest BCUT2D eigenvalue weighted by atomic mass is 35.5. The molecule has 6 heteroatoms. The van der Waals surface area contributed by atoms with E-state index in [1.807, 2.05) is 26.8 Å². The van der Waals surface area contributed by atoms with E-state index in [0.717, 1.165) is 0 Å². The number of nitrogens with one attached hydrogen (secondary N) is 1. The summed E-state index contributed by atoms with van der Waals surface area (Å²) in [5.41, 5.74) is 2.78. The van der Waals surface area contributed by atoms with E-state index in [1.165, 1.54) is 4.68 Å². The van der Waals surface area contributed by atoms with Crippen LogP contribution in [0.1, 0.15) is 32.7 Å². The summed E-state index contributed by atoms with van der Waals surface area (Å²) in [6.07, 6.45) is 0.665. The van der Waals surface area contributed by atoms with Crippen LogP contribution in [0.25, 0.3) is 10.9 Å². The highest BCUT2D eigenvalue weighted by molar-refractivity contribution is 6.22. The standard InChI is InChI=1S/C17H22ClN3O2/c1-5-11(18)10-19-21-15(14(22)17(2,3)4)20-13-9-7-6-8-12(13)16(21)23/h5-9,11,14,19,22H,1,10H2,2-4H3/t11-,14-/m1/s1. The SMILES string of the molecule is C=C[C@@H](Cl)CNn1c([C@@H](O)C(C)(C)C)nc2ccccc2c1=O. The van der Waals surface area contributed by atoms with Crippen LogP contribution in [0.2, 0.25) is 0 Å². The van der Waals surface area contributed by atoms with Gasteiger partial charge in [0.1, 0.15) is 6.10 Å². The molecule has 1 heterocycles. The normalized spacial score (nSPS) is 14.5. The highest BCUT2D eigenvalue weighted by Crippen LogP contribution is 2.31. The number of para-hydroxylation sites is 1. The molecule has 2 N–H and O–H groups in total. The fourth-order valence-corrected chi connectivity index (χ4v) is 2.20. The van der Waals surface area contributed by atoms with E-state index in [4.69, 9.17) is 11.6 Å². The maximum atomic E-state index is 12.8. The summed E-state index contributed by atoms with van der Waals surface area (Å²) in [5, 5.41) is 10.8. The number of fused-ring (bicyclic) bond motifs is 1. The summed E-state index contributed by atoms with van der Waals surface area (Å²) in [7, 11) is 0. The average Bonchev–Trinajstić information content (AvgIpc) is 2.51. The third kappa shape index (κ3) is 3.74. The van der Waals surface area contributed by atoms with Crippen LogP contribution in [-0.4, -0.2) is 26.7 Å². The summed E-state index contributed by atoms with van der Waals surface area (Å²) >= 11 is 6.03. The minimum absolute atomic E-state index is 0.262. The van der Waals surface area contributed by atoms with Crippen molar-refractivity contribution < 1.29 is 5.11 Å². The van der Waals surface area contributed by atoms with Gasteiger partial charge in [-0.3, -0.25) is 4.79 Å². The first kappa shape index (κ1) is 17.5. The second-order valence-electron chi connectivity index (χ2n) is 6.51. The molecule has 0 spiro atoms. The van der Waals surface area contributed by atoms with Crippen LogP contribution in [0.3, 0.4) is 0 Å². The first-order chi connectivity index (χ1) is 10.8. The third-order valence-corrected chi connectivity index (χ3v) is 3.90. The number of hydrogen-bond acceptors (Lipinski definition) is 4. The van der Waals surface area contributed by atoms with E-state index in [-0.39, 0.29) is 16.8 Å². The maximum Gasteiger partial charge on any atom is 0.280 e. The van der Waals surface area contributed by atoms with Crippen LogP contribution in [0.5, 0.6) is 0 Å². The van der Waals surface area contributed by atoms with Crippen molar-refractivity contribution in [1.29, 1.82) is 0 Å². The number of aliphatic hydroxyl groups is 1. The van der Waals surface area contributed by atoms with Crippen molar-refractivity contribution in [2.45, 2.75) is 32.3 Å². The number of benzene rings is 1. The maximum absolute atomic E-state index is 12.8. The topological polar surface area (TPSA) is 67.2 Å². The Balaban J connectivity index is 2.62. The predicted octanol–water partition coefficient (Wildman–Crippen LogP) is 2.81. The Kier molecular flexibility index (Phi) is 5.12. The van der Waals surface area contributed by atoms with Gasteiger partial charge in [0.25, 0.3) is 5.56 Å². The van der Waals surface area contributed by atoms with Crippen LogP contribution in [-0.2, 0) is 0 Å². The number of aromatic nitrogens is 2. The Hall–Kier alpha value is -1.85. The lowest BCUT2D eigenvalue weighted by atomic mass is 9.88. The van der Waals surface area contributed by atoms with Crippen molar-refractivity contribution >= 4 is 22.5 Å². The van der Waals surface area contributed by atoms with Gasteiger partial charge >= 0.3 is 0 Å². The van der Waals surface area contributed by atoms with Crippen LogP contribution in [0.4, 0.5) is 0 Å². The van der Waals surface area contributed by atoms with Gasteiger partial charge in [-0.05, 0) is 17.5 Å². The van der Waals surface area contributed by atoms with E-state index >= 15 is 0 Å². The summed E-state index contributed by atoms with van der Waals surface area (Å²) in [6.45, 7) is 9.58. The molecule has 0 fully saturated rings. The lowest BCUT2D eigenvalue weighted by Crippen LogP contribution is -2.38. The molecule has 2 aromatic rings. The van der Waals surface area contributed by atoms with E-state index < -0.39 is 11.5 Å². The second kappa shape index (κ2) is 6.72. The average molecular weight is 336 g/mol. The van der Waals surface area contributed by atoms with Crippen LogP contribution < -0.4 is 11.0 Å². The van der Waals surface area contributed by atoms with E-state index in [0.29, 0.717) is 17.4 Å². The molecule has 0 aliphatic rings. The van der Waals surface area contributed by atoms with Crippen molar-refractivity contribution in [2.75, 3.05) is 12.0 Å². The minimum atomic E-state index is -0.912. The van der Waals surface area contributed by atoms with Crippen LogP contribution in [0, 0.1) is 5.41 Å². The van der Waals surface area contributed by atoms with Gasteiger partial charge in [-0.25, -0.2) is 9.66 Å². The predicted molar refractivity (Wildman–Crippen MR) is 94.5 cm³/mol. The molecular weight excluding hydrogens is 314 g/mol. The van der Waals surface area contributed by atoms with Crippen molar-refractivity contribution in [1.82, 2.24) is 9.66 Å². The molecule has 0 aliphatic carbocycles. The van der Waals surface area contributed by atoms with Gasteiger partial charge in [0.05, 0.1) is 22.8 Å². The first-order valence-electron chi connectivity index (χ1n) is 7.46. The molecule has 0 saturated carbocycles. The Bertz CT molecular complexity index is 765. The van der Waals surface area contributed by atoms with Crippen molar-refractivity contribution in [3.63, 3.8) is 0 Å². The quantitative estimate of drug-likeness (QED) is 0.651. The Morgan fingerprint density at radius 2 is 2.09 bits per heavy atom. The molecule has 23 heavy (non-hydrogen) atoms. The first-order valence-corrected chi connectivity index (χ1v) is 7.89. The van der Waals surface area contributed by atoms with Gasteiger partial charge < -0.3 is 10.5 Å². The van der Waals surface area contributed by atoms with Gasteiger partial charge in [-0.1, -0.05) is 39.0 Å². The number of halogens is 1. The number of nitrogens with zero attached hydrogens (tertiary/aromatic N) is 2.